The first-order chi connectivity index (χ1) is 13.8. The van der Waals surface area contributed by atoms with Gasteiger partial charge in [-0.25, -0.2) is 4.39 Å². The van der Waals surface area contributed by atoms with Gasteiger partial charge in [-0.15, -0.1) is 0 Å². The van der Waals surface area contributed by atoms with Crippen molar-refractivity contribution in [3.8, 4) is 11.5 Å². The van der Waals surface area contributed by atoms with Crippen LogP contribution >= 0.6 is 28.1 Å². The van der Waals surface area contributed by atoms with Gasteiger partial charge < -0.3 is 9.47 Å². The number of thiocarbonyl (C=S) groups is 1. The van der Waals surface area contributed by atoms with E-state index in [1.807, 2.05) is 0 Å². The highest BCUT2D eigenvalue weighted by Gasteiger charge is 2.31. The predicted molar refractivity (Wildman–Crippen MR) is 113 cm³/mol. The molecule has 6 nitrogen and oxygen atoms in total. The summed E-state index contributed by atoms with van der Waals surface area (Å²) < 4.78 is 25.0. The highest BCUT2D eigenvalue weighted by Crippen LogP contribution is 2.35. The third kappa shape index (κ3) is 4.63. The number of nitrogens with one attached hydrogen (secondary N) is 1. The largest absolute Gasteiger partial charge is 0.493 e. The summed E-state index contributed by atoms with van der Waals surface area (Å²) in [6.07, 6.45) is 1.44. The number of benzene rings is 2. The van der Waals surface area contributed by atoms with Crippen molar-refractivity contribution in [1.82, 2.24) is 10.2 Å². The summed E-state index contributed by atoms with van der Waals surface area (Å²) >= 11 is 8.36. The lowest BCUT2D eigenvalue weighted by Crippen LogP contribution is -2.52. The zero-order valence-electron chi connectivity index (χ0n) is 15.5. The zero-order valence-corrected chi connectivity index (χ0v) is 17.9. The van der Waals surface area contributed by atoms with Crippen LogP contribution in [-0.4, -0.2) is 36.0 Å². The van der Waals surface area contributed by atoms with E-state index in [1.54, 1.807) is 24.3 Å². The van der Waals surface area contributed by atoms with E-state index in [-0.39, 0.29) is 23.1 Å². The second kappa shape index (κ2) is 8.71. The van der Waals surface area contributed by atoms with E-state index in [9.17, 15) is 14.0 Å². The molecule has 0 spiro atoms. The van der Waals surface area contributed by atoms with Crippen LogP contribution in [0.25, 0.3) is 6.08 Å². The summed E-state index contributed by atoms with van der Waals surface area (Å²) in [5, 5.41) is 2.51. The van der Waals surface area contributed by atoms with Gasteiger partial charge in [-0.3, -0.25) is 19.8 Å². The predicted octanol–water partition coefficient (Wildman–Crippen LogP) is 3.43. The van der Waals surface area contributed by atoms with Crippen molar-refractivity contribution in [2.75, 3.05) is 14.2 Å². The van der Waals surface area contributed by atoms with Gasteiger partial charge in [0.15, 0.2) is 16.6 Å². The number of hydrogen-bond acceptors (Lipinski definition) is 5. The van der Waals surface area contributed by atoms with E-state index < -0.39 is 11.8 Å². The maximum atomic E-state index is 13.3. The molecule has 2 aromatic carbocycles. The van der Waals surface area contributed by atoms with Gasteiger partial charge in [0.2, 0.25) is 0 Å². The summed E-state index contributed by atoms with van der Waals surface area (Å²) in [7, 11) is 2.96. The Labute approximate surface area is 180 Å². The van der Waals surface area contributed by atoms with Crippen molar-refractivity contribution >= 4 is 51.2 Å². The number of rotatable bonds is 5. The first-order valence-electron chi connectivity index (χ1n) is 8.40. The molecule has 1 aliphatic heterocycles. The molecular formula is C20H16BrFN2O4S. The van der Waals surface area contributed by atoms with Crippen molar-refractivity contribution in [3.63, 3.8) is 0 Å². The van der Waals surface area contributed by atoms with Crippen LogP contribution in [0.4, 0.5) is 4.39 Å². The molecule has 2 amide bonds. The standard InChI is InChI=1S/C20H16BrFN2O4S/c1-24-19(26)14(18(25)23-20(24)29)7-12-8-16(27-2)17(9-15(12)21)28-10-11-4-3-5-13(22)6-11/h3-9H,10H2,1-2H3,(H,23,25,29)/b14-7+. The third-order valence-electron chi connectivity index (χ3n) is 4.17. The lowest BCUT2D eigenvalue weighted by molar-refractivity contribution is -0.128. The molecule has 0 bridgehead atoms. The Bertz CT molecular complexity index is 1040. The van der Waals surface area contributed by atoms with Gasteiger partial charge in [-0.05, 0) is 53.7 Å². The molecule has 150 valence electrons. The molecule has 29 heavy (non-hydrogen) atoms. The normalized spacial score (nSPS) is 15.5. The van der Waals surface area contributed by atoms with E-state index in [2.05, 4.69) is 21.2 Å². The van der Waals surface area contributed by atoms with Gasteiger partial charge >= 0.3 is 0 Å². The summed E-state index contributed by atoms with van der Waals surface area (Å²) in [4.78, 5) is 25.7. The molecule has 9 heteroatoms. The lowest BCUT2D eigenvalue weighted by Gasteiger charge is -2.25. The third-order valence-corrected chi connectivity index (χ3v) is 5.23. The average molecular weight is 479 g/mol. The molecule has 1 aliphatic rings. The molecule has 0 aliphatic carbocycles. The minimum Gasteiger partial charge on any atom is -0.493 e. The van der Waals surface area contributed by atoms with Gasteiger partial charge in [0, 0.05) is 11.5 Å². The van der Waals surface area contributed by atoms with Crippen LogP contribution in [0.2, 0.25) is 0 Å². The molecular weight excluding hydrogens is 463 g/mol. The van der Waals surface area contributed by atoms with Crippen LogP contribution in [0.15, 0.2) is 46.4 Å². The number of nitrogens with zero attached hydrogens (tertiary/aromatic N) is 1. The first-order valence-corrected chi connectivity index (χ1v) is 9.60. The minimum absolute atomic E-state index is 0.0508. The molecule has 1 saturated heterocycles. The quantitative estimate of drug-likeness (QED) is 0.405. The number of hydrogen-bond donors (Lipinski definition) is 1. The summed E-state index contributed by atoms with van der Waals surface area (Å²) in [6.45, 7) is 0.143. The number of carbonyl (C=O) groups excluding carboxylic acids is 2. The van der Waals surface area contributed by atoms with E-state index in [4.69, 9.17) is 21.7 Å². The van der Waals surface area contributed by atoms with Gasteiger partial charge in [0.25, 0.3) is 11.8 Å². The fraction of sp³-hybridized carbons (Fsp3) is 0.150. The molecule has 0 radical (unpaired) electrons. The smallest absolute Gasteiger partial charge is 0.265 e. The number of carbonyl (C=O) groups is 2. The zero-order chi connectivity index (χ0) is 21.1. The SMILES string of the molecule is COc1cc(/C=C2\C(=O)NC(=S)N(C)C2=O)c(Br)cc1OCc1cccc(F)c1. The molecule has 0 atom stereocenters. The highest BCUT2D eigenvalue weighted by molar-refractivity contribution is 9.10. The maximum absolute atomic E-state index is 13.3. The van der Waals surface area contributed by atoms with E-state index in [0.29, 0.717) is 27.1 Å². The van der Waals surface area contributed by atoms with Crippen molar-refractivity contribution in [1.29, 1.82) is 0 Å². The Balaban J connectivity index is 1.89. The summed E-state index contributed by atoms with van der Waals surface area (Å²) in [5.41, 5.74) is 1.15. The minimum atomic E-state index is -0.574. The van der Waals surface area contributed by atoms with Crippen LogP contribution in [0.5, 0.6) is 11.5 Å². The van der Waals surface area contributed by atoms with Gasteiger partial charge in [-0.1, -0.05) is 28.1 Å². The van der Waals surface area contributed by atoms with E-state index >= 15 is 0 Å². The maximum Gasteiger partial charge on any atom is 0.265 e. The van der Waals surface area contributed by atoms with Gasteiger partial charge in [-0.2, -0.15) is 0 Å². The van der Waals surface area contributed by atoms with Gasteiger partial charge in [0.1, 0.15) is 18.0 Å². The molecule has 0 aromatic heterocycles. The monoisotopic (exact) mass is 478 g/mol. The van der Waals surface area contributed by atoms with Crippen LogP contribution in [0.3, 0.4) is 0 Å². The van der Waals surface area contributed by atoms with Crippen LogP contribution in [0, 0.1) is 5.82 Å². The second-order valence-electron chi connectivity index (χ2n) is 6.12. The van der Waals surface area contributed by atoms with Crippen molar-refractivity contribution in [2.45, 2.75) is 6.61 Å². The Morgan fingerprint density at radius 3 is 2.69 bits per heavy atom. The molecule has 3 rings (SSSR count). The van der Waals surface area contributed by atoms with E-state index in [0.717, 1.165) is 0 Å². The number of likely N-dealkylation sites (N-methyl/N-ethyl adjacent to an activating group) is 1. The van der Waals surface area contributed by atoms with Crippen molar-refractivity contribution in [2.24, 2.45) is 0 Å². The fourth-order valence-corrected chi connectivity index (χ4v) is 3.24. The Kier molecular flexibility index (Phi) is 6.29. The van der Waals surface area contributed by atoms with Crippen molar-refractivity contribution in [3.05, 3.63) is 63.4 Å². The fourth-order valence-electron chi connectivity index (χ4n) is 2.62. The second-order valence-corrected chi connectivity index (χ2v) is 7.37. The molecule has 1 heterocycles. The summed E-state index contributed by atoms with van der Waals surface area (Å²) in [5.74, 6) is -0.611. The highest BCUT2D eigenvalue weighted by atomic mass is 79.9. The average Bonchev–Trinajstić information content (AvgIpc) is 2.69. The summed E-state index contributed by atoms with van der Waals surface area (Å²) in [6, 6.07) is 9.38. The number of ether oxygens (including phenoxy) is 2. The first kappa shape index (κ1) is 20.9. The Morgan fingerprint density at radius 1 is 1.24 bits per heavy atom. The van der Waals surface area contributed by atoms with E-state index in [1.165, 1.54) is 37.3 Å². The molecule has 0 unspecified atom stereocenters. The lowest BCUT2D eigenvalue weighted by atomic mass is 10.1. The van der Waals surface area contributed by atoms with Gasteiger partial charge in [0.05, 0.1) is 7.11 Å². The number of amides is 2. The molecule has 1 fully saturated rings. The topological polar surface area (TPSA) is 67.9 Å². The number of methoxy groups -OCH3 is 1. The molecule has 0 saturated carbocycles. The van der Waals surface area contributed by atoms with Crippen LogP contribution in [0.1, 0.15) is 11.1 Å². The Morgan fingerprint density at radius 2 is 2.00 bits per heavy atom. The van der Waals surface area contributed by atoms with Crippen molar-refractivity contribution < 1.29 is 23.5 Å². The molecule has 2 aromatic rings. The van der Waals surface area contributed by atoms with Crippen LogP contribution in [-0.2, 0) is 16.2 Å². The number of halogens is 2. The van der Waals surface area contributed by atoms with Crippen LogP contribution < -0.4 is 14.8 Å². The molecule has 1 N–H and O–H groups in total. The Hall–Kier alpha value is -2.78.